The lowest BCUT2D eigenvalue weighted by atomic mass is 10.0. The molecule has 118 valence electrons. The lowest BCUT2D eigenvalue weighted by molar-refractivity contribution is 0.102. The molecule has 0 fully saturated rings. The van der Waals surface area contributed by atoms with E-state index in [0.717, 1.165) is 6.26 Å². The number of benzene rings is 1. The highest BCUT2D eigenvalue weighted by atomic mass is 79.9. The van der Waals surface area contributed by atoms with Crippen LogP contribution in [0.5, 0.6) is 0 Å². The van der Waals surface area contributed by atoms with Crippen molar-refractivity contribution >= 4 is 37.6 Å². The lowest BCUT2D eigenvalue weighted by Crippen LogP contribution is -2.19. The second kappa shape index (κ2) is 6.13. The minimum absolute atomic E-state index is 0.124. The molecule has 0 aliphatic carbocycles. The van der Waals surface area contributed by atoms with Crippen molar-refractivity contribution in [3.05, 3.63) is 27.7 Å². The quantitative estimate of drug-likeness (QED) is 0.843. The van der Waals surface area contributed by atoms with E-state index in [0.29, 0.717) is 16.5 Å². The zero-order chi connectivity index (χ0) is 16.5. The first-order valence-electron chi connectivity index (χ1n) is 6.30. The third-order valence-corrected chi connectivity index (χ3v) is 5.16. The van der Waals surface area contributed by atoms with E-state index in [-0.39, 0.29) is 16.4 Å². The van der Waals surface area contributed by atoms with Crippen LogP contribution in [-0.4, -0.2) is 40.8 Å². The van der Waals surface area contributed by atoms with Crippen LogP contribution in [-0.2, 0) is 23.3 Å². The van der Waals surface area contributed by atoms with Gasteiger partial charge in [-0.05, 0) is 50.5 Å². The second-order valence-corrected chi connectivity index (χ2v) is 7.42. The monoisotopic (exact) mass is 387 g/mol. The van der Waals surface area contributed by atoms with E-state index in [1.165, 1.54) is 4.68 Å². The first kappa shape index (κ1) is 16.6. The zero-order valence-electron chi connectivity index (χ0n) is 12.2. The summed E-state index contributed by atoms with van der Waals surface area (Å²) < 4.78 is 25.7. The van der Waals surface area contributed by atoms with Crippen LogP contribution in [0.15, 0.2) is 21.5 Å². The summed E-state index contributed by atoms with van der Waals surface area (Å²) in [4.78, 5) is 12.5. The van der Waals surface area contributed by atoms with Gasteiger partial charge in [0.25, 0.3) is 5.91 Å². The largest absolute Gasteiger partial charge is 0.289 e. The number of aromatic nitrogens is 4. The summed E-state index contributed by atoms with van der Waals surface area (Å²) in [7, 11) is -1.89. The van der Waals surface area contributed by atoms with Crippen molar-refractivity contribution in [2.24, 2.45) is 7.05 Å². The van der Waals surface area contributed by atoms with Gasteiger partial charge in [0.1, 0.15) is 0 Å². The third-order valence-electron chi connectivity index (χ3n) is 3.03. The Morgan fingerprint density at radius 3 is 2.59 bits per heavy atom. The molecule has 0 unspecified atom stereocenters. The Balaban J connectivity index is 2.52. The van der Waals surface area contributed by atoms with Crippen LogP contribution in [0.1, 0.15) is 22.8 Å². The number of anilines is 1. The Bertz CT molecular complexity index is 831. The predicted molar refractivity (Wildman–Crippen MR) is 83.4 cm³/mol. The second-order valence-electron chi connectivity index (χ2n) is 4.61. The molecular formula is C12H14BrN5O3S. The van der Waals surface area contributed by atoms with E-state index in [9.17, 15) is 13.2 Å². The minimum Gasteiger partial charge on any atom is -0.289 e. The molecule has 2 rings (SSSR count). The molecule has 1 amide bonds. The molecule has 1 aromatic carbocycles. The molecule has 1 N–H and O–H groups in total. The number of tetrazole rings is 1. The number of rotatable bonds is 4. The molecule has 10 heteroatoms. The standard InChI is InChI=1S/C12H14BrN5O3S/c1-4-7-8(5-6-9(13)10(7)22(3,20)21)11(19)14-12-15-16-17-18(12)2/h5-6H,4H2,1-3H3,(H,14,15,17,19). The number of aryl methyl sites for hydroxylation is 1. The zero-order valence-corrected chi connectivity index (χ0v) is 14.6. The first-order valence-corrected chi connectivity index (χ1v) is 8.99. The molecule has 0 saturated carbocycles. The van der Waals surface area contributed by atoms with Crippen LogP contribution in [0, 0.1) is 0 Å². The van der Waals surface area contributed by atoms with Crippen molar-refractivity contribution < 1.29 is 13.2 Å². The Hall–Kier alpha value is -1.81. The average Bonchev–Trinajstić information content (AvgIpc) is 2.82. The van der Waals surface area contributed by atoms with Crippen LogP contribution in [0.4, 0.5) is 5.95 Å². The number of halogens is 1. The number of hydrogen-bond acceptors (Lipinski definition) is 6. The van der Waals surface area contributed by atoms with Crippen LogP contribution < -0.4 is 5.32 Å². The van der Waals surface area contributed by atoms with Gasteiger partial charge in [0, 0.05) is 23.3 Å². The summed E-state index contributed by atoms with van der Waals surface area (Å²) in [6, 6.07) is 3.11. The Kier molecular flexibility index (Phi) is 4.61. The molecule has 0 aliphatic heterocycles. The number of nitrogens with zero attached hydrogens (tertiary/aromatic N) is 4. The van der Waals surface area contributed by atoms with Gasteiger partial charge in [0.05, 0.1) is 4.90 Å². The smallest absolute Gasteiger partial charge is 0.258 e. The lowest BCUT2D eigenvalue weighted by Gasteiger charge is -2.13. The predicted octanol–water partition coefficient (Wildman–Crippen LogP) is 1.19. The van der Waals surface area contributed by atoms with Gasteiger partial charge < -0.3 is 0 Å². The Labute approximate surface area is 136 Å². The Morgan fingerprint density at radius 2 is 2.09 bits per heavy atom. The van der Waals surface area contributed by atoms with Gasteiger partial charge in [-0.3, -0.25) is 10.1 Å². The van der Waals surface area contributed by atoms with Gasteiger partial charge in [-0.2, -0.15) is 0 Å². The van der Waals surface area contributed by atoms with Gasteiger partial charge in [0.2, 0.25) is 5.95 Å². The highest BCUT2D eigenvalue weighted by Crippen LogP contribution is 2.29. The third kappa shape index (κ3) is 3.17. The molecule has 0 bridgehead atoms. The molecule has 0 radical (unpaired) electrons. The maximum absolute atomic E-state index is 12.4. The van der Waals surface area contributed by atoms with Crippen molar-refractivity contribution in [2.75, 3.05) is 11.6 Å². The molecule has 0 spiro atoms. The van der Waals surface area contributed by atoms with Gasteiger partial charge >= 0.3 is 0 Å². The molecule has 22 heavy (non-hydrogen) atoms. The van der Waals surface area contributed by atoms with E-state index < -0.39 is 15.7 Å². The van der Waals surface area contributed by atoms with Crippen LogP contribution in [0.2, 0.25) is 0 Å². The summed E-state index contributed by atoms with van der Waals surface area (Å²) >= 11 is 3.23. The number of amides is 1. The fourth-order valence-corrected chi connectivity index (χ4v) is 4.45. The number of sulfone groups is 1. The molecule has 0 aliphatic rings. The van der Waals surface area contributed by atoms with Gasteiger partial charge in [0.15, 0.2) is 9.84 Å². The topological polar surface area (TPSA) is 107 Å². The number of hydrogen-bond donors (Lipinski definition) is 1. The highest BCUT2D eigenvalue weighted by molar-refractivity contribution is 9.10. The van der Waals surface area contributed by atoms with E-state index in [2.05, 4.69) is 36.8 Å². The molecule has 0 atom stereocenters. The van der Waals surface area contributed by atoms with Crippen molar-refractivity contribution in [3.8, 4) is 0 Å². The number of nitrogens with one attached hydrogen (secondary N) is 1. The van der Waals surface area contributed by atoms with Gasteiger partial charge in [-0.15, -0.1) is 0 Å². The molecule has 1 aromatic heterocycles. The summed E-state index contributed by atoms with van der Waals surface area (Å²) in [5, 5.41) is 13.3. The average molecular weight is 388 g/mol. The van der Waals surface area contributed by atoms with Crippen molar-refractivity contribution in [2.45, 2.75) is 18.2 Å². The maximum atomic E-state index is 12.4. The molecular weight excluding hydrogens is 374 g/mol. The fraction of sp³-hybridized carbons (Fsp3) is 0.333. The SMILES string of the molecule is CCc1c(C(=O)Nc2nnnn2C)ccc(Br)c1S(C)(=O)=O. The summed E-state index contributed by atoms with van der Waals surface area (Å²) in [6.45, 7) is 1.79. The van der Waals surface area contributed by atoms with Gasteiger partial charge in [-0.25, -0.2) is 13.1 Å². The van der Waals surface area contributed by atoms with Gasteiger partial charge in [-0.1, -0.05) is 12.0 Å². The van der Waals surface area contributed by atoms with Crippen molar-refractivity contribution in [1.82, 2.24) is 20.2 Å². The highest BCUT2D eigenvalue weighted by Gasteiger charge is 2.23. The summed E-state index contributed by atoms with van der Waals surface area (Å²) in [6.07, 6.45) is 1.50. The Morgan fingerprint density at radius 1 is 1.41 bits per heavy atom. The first-order chi connectivity index (χ1) is 10.3. The maximum Gasteiger partial charge on any atom is 0.258 e. The fourth-order valence-electron chi connectivity index (χ4n) is 2.07. The van der Waals surface area contributed by atoms with Crippen LogP contribution in [0.25, 0.3) is 0 Å². The molecule has 2 aromatic rings. The van der Waals surface area contributed by atoms with Crippen molar-refractivity contribution in [1.29, 1.82) is 0 Å². The molecule has 8 nitrogen and oxygen atoms in total. The van der Waals surface area contributed by atoms with E-state index >= 15 is 0 Å². The molecule has 1 heterocycles. The van der Waals surface area contributed by atoms with E-state index in [1.807, 2.05) is 0 Å². The van der Waals surface area contributed by atoms with E-state index in [1.54, 1.807) is 26.1 Å². The number of carbonyl (C=O) groups excluding carboxylic acids is 1. The number of carbonyl (C=O) groups is 1. The summed E-state index contributed by atoms with van der Waals surface area (Å²) in [5.74, 6) is -0.289. The van der Waals surface area contributed by atoms with E-state index in [4.69, 9.17) is 0 Å². The minimum atomic E-state index is -3.47. The van der Waals surface area contributed by atoms with Crippen LogP contribution in [0.3, 0.4) is 0 Å². The normalized spacial score (nSPS) is 11.5. The molecule has 0 saturated heterocycles. The summed E-state index contributed by atoms with van der Waals surface area (Å²) in [5.41, 5.74) is 0.721. The van der Waals surface area contributed by atoms with Crippen LogP contribution >= 0.6 is 15.9 Å². The van der Waals surface area contributed by atoms with Crippen molar-refractivity contribution in [3.63, 3.8) is 0 Å².